The summed E-state index contributed by atoms with van der Waals surface area (Å²) in [5.74, 6) is 2.03. The van der Waals surface area contributed by atoms with Crippen LogP contribution in [-0.2, 0) is 13.1 Å². The molecule has 0 radical (unpaired) electrons. The van der Waals surface area contributed by atoms with Crippen molar-refractivity contribution in [1.82, 2.24) is 10.2 Å². The van der Waals surface area contributed by atoms with E-state index in [0.717, 1.165) is 24.6 Å². The van der Waals surface area contributed by atoms with Crippen LogP contribution in [0.2, 0.25) is 0 Å². The molecule has 80 valence electrons. The molecule has 0 unspecified atom stereocenters. The van der Waals surface area contributed by atoms with Crippen molar-refractivity contribution < 1.29 is 4.42 Å². The van der Waals surface area contributed by atoms with Gasteiger partial charge in [0.05, 0.1) is 13.1 Å². The van der Waals surface area contributed by atoms with Gasteiger partial charge in [0.15, 0.2) is 0 Å². The molecule has 0 bridgehead atoms. The number of hydrogen-bond donors (Lipinski definition) is 1. The second kappa shape index (κ2) is 5.17. The van der Waals surface area contributed by atoms with Crippen LogP contribution in [-0.4, -0.2) is 25.0 Å². The van der Waals surface area contributed by atoms with Gasteiger partial charge in [-0.05, 0) is 40.1 Å². The number of nitrogens with one attached hydrogen (secondary N) is 1. The van der Waals surface area contributed by atoms with Crippen LogP contribution < -0.4 is 5.32 Å². The fourth-order valence-corrected chi connectivity index (χ4v) is 1.20. The monoisotopic (exact) mass is 196 g/mol. The molecule has 0 fully saturated rings. The van der Waals surface area contributed by atoms with Crippen molar-refractivity contribution in [2.75, 3.05) is 14.1 Å². The molecule has 0 atom stereocenters. The van der Waals surface area contributed by atoms with Gasteiger partial charge in [0.2, 0.25) is 0 Å². The van der Waals surface area contributed by atoms with Gasteiger partial charge in [-0.3, -0.25) is 4.90 Å². The summed E-state index contributed by atoms with van der Waals surface area (Å²) in [4.78, 5) is 2.25. The quantitative estimate of drug-likeness (QED) is 0.779. The molecule has 1 aromatic heterocycles. The van der Waals surface area contributed by atoms with E-state index in [1.807, 2.05) is 19.2 Å². The molecule has 0 saturated carbocycles. The van der Waals surface area contributed by atoms with Crippen molar-refractivity contribution in [3.63, 3.8) is 0 Å². The van der Waals surface area contributed by atoms with Gasteiger partial charge in [-0.25, -0.2) is 0 Å². The third-order valence-electron chi connectivity index (χ3n) is 2.36. The topological polar surface area (TPSA) is 28.4 Å². The summed E-state index contributed by atoms with van der Waals surface area (Å²) in [6, 6.07) is 4.62. The zero-order valence-electron chi connectivity index (χ0n) is 9.50. The predicted octanol–water partition coefficient (Wildman–Crippen LogP) is 1.84. The van der Waals surface area contributed by atoms with Gasteiger partial charge in [-0.2, -0.15) is 0 Å². The van der Waals surface area contributed by atoms with E-state index in [9.17, 15) is 0 Å². The molecule has 1 heterocycles. The maximum atomic E-state index is 5.64. The summed E-state index contributed by atoms with van der Waals surface area (Å²) in [6.07, 6.45) is 0. The molecule has 3 nitrogen and oxygen atoms in total. The van der Waals surface area contributed by atoms with E-state index in [2.05, 4.69) is 31.1 Å². The third kappa shape index (κ3) is 3.16. The number of furan rings is 1. The summed E-state index contributed by atoms with van der Waals surface area (Å²) in [5, 5.41) is 3.07. The van der Waals surface area contributed by atoms with Gasteiger partial charge in [-0.1, -0.05) is 0 Å². The van der Waals surface area contributed by atoms with Gasteiger partial charge in [0, 0.05) is 6.04 Å². The van der Waals surface area contributed by atoms with Crippen molar-refractivity contribution >= 4 is 0 Å². The lowest BCUT2D eigenvalue weighted by molar-refractivity contribution is 0.241. The van der Waals surface area contributed by atoms with Gasteiger partial charge in [0.25, 0.3) is 0 Å². The zero-order valence-corrected chi connectivity index (χ0v) is 9.50. The van der Waals surface area contributed by atoms with Crippen molar-refractivity contribution in [3.05, 3.63) is 23.7 Å². The second-order valence-corrected chi connectivity index (χ2v) is 3.91. The van der Waals surface area contributed by atoms with E-state index in [1.54, 1.807) is 0 Å². The van der Waals surface area contributed by atoms with E-state index in [0.29, 0.717) is 6.04 Å². The van der Waals surface area contributed by atoms with Gasteiger partial charge in [0.1, 0.15) is 11.5 Å². The standard InChI is InChI=1S/C11H20N2O/c1-9(2)13(4)8-11-6-5-10(14-11)7-12-3/h5-6,9,12H,7-8H2,1-4H3. The largest absolute Gasteiger partial charge is 0.463 e. The molecular formula is C11H20N2O. The van der Waals surface area contributed by atoms with E-state index < -0.39 is 0 Å². The molecule has 0 aliphatic heterocycles. The Morgan fingerprint density at radius 2 is 2.00 bits per heavy atom. The van der Waals surface area contributed by atoms with Gasteiger partial charge >= 0.3 is 0 Å². The minimum Gasteiger partial charge on any atom is -0.463 e. The van der Waals surface area contributed by atoms with E-state index in [-0.39, 0.29) is 0 Å². The van der Waals surface area contributed by atoms with Crippen LogP contribution in [0.4, 0.5) is 0 Å². The molecule has 14 heavy (non-hydrogen) atoms. The summed E-state index contributed by atoms with van der Waals surface area (Å²) < 4.78 is 5.64. The number of rotatable bonds is 5. The average Bonchev–Trinajstić information content (AvgIpc) is 2.53. The molecule has 3 heteroatoms. The van der Waals surface area contributed by atoms with Crippen LogP contribution in [0.5, 0.6) is 0 Å². The Hall–Kier alpha value is -0.800. The van der Waals surface area contributed by atoms with E-state index in [4.69, 9.17) is 4.42 Å². The Bertz CT molecular complexity index is 268. The van der Waals surface area contributed by atoms with E-state index in [1.165, 1.54) is 0 Å². The van der Waals surface area contributed by atoms with E-state index >= 15 is 0 Å². The highest BCUT2D eigenvalue weighted by molar-refractivity contribution is 5.06. The Labute approximate surface area is 86.1 Å². The zero-order chi connectivity index (χ0) is 10.6. The number of hydrogen-bond acceptors (Lipinski definition) is 3. The molecule has 0 saturated heterocycles. The summed E-state index contributed by atoms with van der Waals surface area (Å²) in [6.45, 7) is 6.03. The first-order valence-electron chi connectivity index (χ1n) is 5.06. The van der Waals surface area contributed by atoms with Crippen molar-refractivity contribution in [2.24, 2.45) is 0 Å². The molecule has 0 spiro atoms. The fourth-order valence-electron chi connectivity index (χ4n) is 1.20. The highest BCUT2D eigenvalue weighted by Crippen LogP contribution is 2.10. The fraction of sp³-hybridized carbons (Fsp3) is 0.636. The highest BCUT2D eigenvalue weighted by atomic mass is 16.3. The lowest BCUT2D eigenvalue weighted by atomic mass is 10.3. The maximum absolute atomic E-state index is 5.64. The highest BCUT2D eigenvalue weighted by Gasteiger charge is 2.07. The first kappa shape index (κ1) is 11.3. The Morgan fingerprint density at radius 1 is 1.36 bits per heavy atom. The molecule has 0 aromatic carbocycles. The molecule has 0 aliphatic rings. The Kier molecular flexibility index (Phi) is 4.17. The molecule has 1 rings (SSSR count). The lowest BCUT2D eigenvalue weighted by Crippen LogP contribution is -2.25. The van der Waals surface area contributed by atoms with Crippen LogP contribution in [0.25, 0.3) is 0 Å². The molecular weight excluding hydrogens is 176 g/mol. The molecule has 1 N–H and O–H groups in total. The minimum absolute atomic E-state index is 0.549. The second-order valence-electron chi connectivity index (χ2n) is 3.91. The molecule has 0 amide bonds. The van der Waals surface area contributed by atoms with Crippen LogP contribution >= 0.6 is 0 Å². The minimum atomic E-state index is 0.549. The number of nitrogens with zero attached hydrogens (tertiary/aromatic N) is 1. The Morgan fingerprint density at radius 3 is 2.57 bits per heavy atom. The van der Waals surface area contributed by atoms with Crippen LogP contribution in [0.3, 0.4) is 0 Å². The third-order valence-corrected chi connectivity index (χ3v) is 2.36. The van der Waals surface area contributed by atoms with Crippen molar-refractivity contribution in [2.45, 2.75) is 33.0 Å². The SMILES string of the molecule is CNCc1ccc(CN(C)C(C)C)o1. The normalized spacial score (nSPS) is 11.6. The molecule has 1 aromatic rings. The summed E-state index contributed by atoms with van der Waals surface area (Å²) in [7, 11) is 4.02. The predicted molar refractivity (Wildman–Crippen MR) is 58.1 cm³/mol. The maximum Gasteiger partial charge on any atom is 0.118 e. The smallest absolute Gasteiger partial charge is 0.118 e. The lowest BCUT2D eigenvalue weighted by Gasteiger charge is -2.19. The van der Waals surface area contributed by atoms with Gasteiger partial charge < -0.3 is 9.73 Å². The van der Waals surface area contributed by atoms with Crippen LogP contribution in [0.1, 0.15) is 25.4 Å². The Balaban J connectivity index is 2.50. The van der Waals surface area contributed by atoms with Crippen LogP contribution in [0.15, 0.2) is 16.5 Å². The first-order valence-corrected chi connectivity index (χ1v) is 5.06. The summed E-state index contributed by atoms with van der Waals surface area (Å²) >= 11 is 0. The molecule has 0 aliphatic carbocycles. The van der Waals surface area contributed by atoms with Gasteiger partial charge in [-0.15, -0.1) is 0 Å². The average molecular weight is 196 g/mol. The van der Waals surface area contributed by atoms with Crippen molar-refractivity contribution in [1.29, 1.82) is 0 Å². The van der Waals surface area contributed by atoms with Crippen molar-refractivity contribution in [3.8, 4) is 0 Å². The summed E-state index contributed by atoms with van der Waals surface area (Å²) in [5.41, 5.74) is 0. The van der Waals surface area contributed by atoms with Crippen LogP contribution in [0, 0.1) is 0 Å². The first-order chi connectivity index (χ1) is 6.63.